The van der Waals surface area contributed by atoms with Gasteiger partial charge in [0.05, 0.1) is 0 Å². The Hall–Kier alpha value is -0.980. The Balaban J connectivity index is 2.19. The van der Waals surface area contributed by atoms with Crippen LogP contribution in [0.1, 0.15) is 59.4 Å². The van der Waals surface area contributed by atoms with Gasteiger partial charge in [-0.05, 0) is 35.3 Å². The van der Waals surface area contributed by atoms with E-state index < -0.39 is 0 Å². The highest BCUT2D eigenvalue weighted by Crippen LogP contribution is 2.35. The van der Waals surface area contributed by atoms with E-state index in [1.54, 1.807) is 0 Å². The largest absolute Gasteiger partial charge is 0.382 e. The number of hydrogen-bond donors (Lipinski definition) is 1. The van der Waals surface area contributed by atoms with Gasteiger partial charge in [-0.25, -0.2) is 0 Å². The Morgan fingerprint density at radius 2 is 1.74 bits per heavy atom. The number of para-hydroxylation sites is 1. The van der Waals surface area contributed by atoms with Gasteiger partial charge >= 0.3 is 0 Å². The van der Waals surface area contributed by atoms with E-state index in [4.69, 9.17) is 0 Å². The molecule has 0 radical (unpaired) electrons. The molecule has 0 bridgehead atoms. The molecule has 0 amide bonds. The van der Waals surface area contributed by atoms with Gasteiger partial charge in [0.15, 0.2) is 0 Å². The van der Waals surface area contributed by atoms with Crippen molar-refractivity contribution < 1.29 is 0 Å². The average Bonchev–Trinajstić information content (AvgIpc) is 2.34. The molecule has 106 valence electrons. The molecule has 1 N–H and O–H groups in total. The van der Waals surface area contributed by atoms with Gasteiger partial charge in [0.1, 0.15) is 0 Å². The number of anilines is 1. The minimum atomic E-state index is 0.202. The first-order valence-corrected chi connectivity index (χ1v) is 7.75. The van der Waals surface area contributed by atoms with Crippen LogP contribution in [0.25, 0.3) is 0 Å². The summed E-state index contributed by atoms with van der Waals surface area (Å²) in [5, 5.41) is 3.84. The van der Waals surface area contributed by atoms with Crippen LogP contribution >= 0.6 is 0 Å². The molecule has 0 aromatic heterocycles. The van der Waals surface area contributed by atoms with Crippen LogP contribution in [0.15, 0.2) is 24.3 Å². The molecule has 1 fully saturated rings. The lowest BCUT2D eigenvalue weighted by Gasteiger charge is -2.36. The summed E-state index contributed by atoms with van der Waals surface area (Å²) in [6.45, 7) is 11.7. The van der Waals surface area contributed by atoms with Crippen molar-refractivity contribution in [3.05, 3.63) is 29.8 Å². The van der Waals surface area contributed by atoms with Gasteiger partial charge in [-0.2, -0.15) is 0 Å². The third-order valence-corrected chi connectivity index (χ3v) is 4.78. The van der Waals surface area contributed by atoms with E-state index in [0.717, 1.165) is 11.8 Å². The summed E-state index contributed by atoms with van der Waals surface area (Å²) in [7, 11) is 0. The maximum atomic E-state index is 3.84. The van der Waals surface area contributed by atoms with Gasteiger partial charge in [-0.1, -0.05) is 65.7 Å². The van der Waals surface area contributed by atoms with Crippen molar-refractivity contribution in [1.82, 2.24) is 0 Å². The minimum absolute atomic E-state index is 0.202. The first-order chi connectivity index (χ1) is 8.89. The van der Waals surface area contributed by atoms with Crippen molar-refractivity contribution >= 4 is 5.69 Å². The van der Waals surface area contributed by atoms with Crippen molar-refractivity contribution in [2.24, 2.45) is 11.8 Å². The van der Waals surface area contributed by atoms with Crippen molar-refractivity contribution in [3.8, 4) is 0 Å². The van der Waals surface area contributed by atoms with Gasteiger partial charge in [-0.15, -0.1) is 0 Å². The molecule has 1 aromatic rings. The highest BCUT2D eigenvalue weighted by molar-refractivity contribution is 5.54. The molecule has 0 saturated heterocycles. The average molecular weight is 259 g/mol. The smallest absolute Gasteiger partial charge is 0.0380 e. The zero-order valence-corrected chi connectivity index (χ0v) is 13.2. The van der Waals surface area contributed by atoms with E-state index in [9.17, 15) is 0 Å². The summed E-state index contributed by atoms with van der Waals surface area (Å²) in [5.74, 6) is 1.61. The first kappa shape index (κ1) is 14.4. The molecule has 3 atom stereocenters. The second kappa shape index (κ2) is 5.56. The summed E-state index contributed by atoms with van der Waals surface area (Å²) in [6, 6.07) is 9.44. The lowest BCUT2D eigenvalue weighted by atomic mass is 9.77. The molecule has 0 heterocycles. The minimum Gasteiger partial charge on any atom is -0.382 e. The summed E-state index contributed by atoms with van der Waals surface area (Å²) >= 11 is 0. The molecule has 1 nitrogen and oxygen atoms in total. The van der Waals surface area contributed by atoms with Gasteiger partial charge in [-0.3, -0.25) is 0 Å². The predicted octanol–water partition coefficient (Wildman–Crippen LogP) is 5.22. The van der Waals surface area contributed by atoms with Crippen molar-refractivity contribution in [2.45, 2.75) is 65.3 Å². The fourth-order valence-corrected chi connectivity index (χ4v) is 3.25. The van der Waals surface area contributed by atoms with Crippen LogP contribution in [0.2, 0.25) is 0 Å². The summed E-state index contributed by atoms with van der Waals surface area (Å²) in [5.41, 5.74) is 2.97. The van der Waals surface area contributed by atoms with E-state index in [-0.39, 0.29) is 5.41 Å². The molecule has 3 unspecified atom stereocenters. The Labute approximate surface area is 118 Å². The fourth-order valence-electron chi connectivity index (χ4n) is 3.25. The molecule has 1 heteroatoms. The summed E-state index contributed by atoms with van der Waals surface area (Å²) in [4.78, 5) is 0. The maximum Gasteiger partial charge on any atom is 0.0380 e. The van der Waals surface area contributed by atoms with E-state index in [2.05, 4.69) is 64.2 Å². The molecular formula is C18H29N. The molecule has 19 heavy (non-hydrogen) atoms. The van der Waals surface area contributed by atoms with Crippen LogP contribution in [-0.2, 0) is 5.41 Å². The molecule has 2 rings (SSSR count). The van der Waals surface area contributed by atoms with Crippen molar-refractivity contribution in [3.63, 3.8) is 0 Å². The van der Waals surface area contributed by atoms with E-state index >= 15 is 0 Å². The fraction of sp³-hybridized carbons (Fsp3) is 0.667. The molecule has 1 saturated carbocycles. The number of hydrogen-bond acceptors (Lipinski definition) is 1. The Bertz CT molecular complexity index is 416. The zero-order valence-electron chi connectivity index (χ0n) is 13.2. The van der Waals surface area contributed by atoms with E-state index in [0.29, 0.717) is 6.04 Å². The molecule has 1 aromatic carbocycles. The van der Waals surface area contributed by atoms with E-state index in [1.807, 2.05) is 0 Å². The van der Waals surface area contributed by atoms with Crippen LogP contribution in [0, 0.1) is 11.8 Å². The second-order valence-electron chi connectivity index (χ2n) is 7.31. The predicted molar refractivity (Wildman–Crippen MR) is 84.7 cm³/mol. The second-order valence-corrected chi connectivity index (χ2v) is 7.31. The molecule has 0 aliphatic heterocycles. The first-order valence-electron chi connectivity index (χ1n) is 7.75. The summed E-state index contributed by atoms with van der Waals surface area (Å²) < 4.78 is 0. The third-order valence-electron chi connectivity index (χ3n) is 4.78. The quantitative estimate of drug-likeness (QED) is 0.767. The van der Waals surface area contributed by atoms with Crippen LogP contribution in [0.5, 0.6) is 0 Å². The molecule has 1 aliphatic rings. The normalized spacial score (nSPS) is 28.2. The summed E-state index contributed by atoms with van der Waals surface area (Å²) in [6.07, 6.45) is 4.06. The topological polar surface area (TPSA) is 12.0 Å². The Kier molecular flexibility index (Phi) is 4.23. The van der Waals surface area contributed by atoms with Gasteiger partial charge in [0, 0.05) is 11.7 Å². The standard InChI is InChI=1S/C18H29N/c1-13-9-8-12-16(14(13)2)19-17-11-7-6-10-15(17)18(3,4)5/h6-7,10-11,13-14,16,19H,8-9,12H2,1-5H3. The van der Waals surface area contributed by atoms with Crippen LogP contribution in [0.3, 0.4) is 0 Å². The van der Waals surface area contributed by atoms with E-state index in [1.165, 1.54) is 30.5 Å². The monoisotopic (exact) mass is 259 g/mol. The van der Waals surface area contributed by atoms with Gasteiger partial charge in [0.2, 0.25) is 0 Å². The third kappa shape index (κ3) is 3.32. The van der Waals surface area contributed by atoms with Crippen LogP contribution in [-0.4, -0.2) is 6.04 Å². The van der Waals surface area contributed by atoms with Crippen LogP contribution < -0.4 is 5.32 Å². The number of nitrogens with one attached hydrogen (secondary N) is 1. The SMILES string of the molecule is CC1CCCC(Nc2ccccc2C(C)(C)C)C1C. The Morgan fingerprint density at radius 1 is 1.05 bits per heavy atom. The lowest BCUT2D eigenvalue weighted by Crippen LogP contribution is -2.35. The Morgan fingerprint density at radius 3 is 2.42 bits per heavy atom. The number of rotatable bonds is 2. The lowest BCUT2D eigenvalue weighted by molar-refractivity contribution is 0.253. The maximum absolute atomic E-state index is 3.84. The van der Waals surface area contributed by atoms with Crippen molar-refractivity contribution in [2.75, 3.05) is 5.32 Å². The van der Waals surface area contributed by atoms with Crippen molar-refractivity contribution in [1.29, 1.82) is 0 Å². The van der Waals surface area contributed by atoms with Gasteiger partial charge in [0.25, 0.3) is 0 Å². The highest BCUT2D eigenvalue weighted by atomic mass is 14.9. The molecule has 0 spiro atoms. The molecule has 1 aliphatic carbocycles. The van der Waals surface area contributed by atoms with Crippen LogP contribution in [0.4, 0.5) is 5.69 Å². The zero-order chi connectivity index (χ0) is 14.0. The molecular weight excluding hydrogens is 230 g/mol. The highest BCUT2D eigenvalue weighted by Gasteiger charge is 2.28. The number of benzene rings is 1. The van der Waals surface area contributed by atoms with Gasteiger partial charge < -0.3 is 5.32 Å².